The number of halogens is 3. The largest absolute Gasteiger partial charge is 0.397 e. The number of hydrogen-bond donors (Lipinski definition) is 3. The Hall–Kier alpha value is -2.77. The van der Waals surface area contributed by atoms with Crippen LogP contribution in [0.1, 0.15) is 10.4 Å². The molecule has 2 aromatic rings. The fourth-order valence-corrected chi connectivity index (χ4v) is 1.53. The van der Waals surface area contributed by atoms with E-state index in [2.05, 4.69) is 10.3 Å². The van der Waals surface area contributed by atoms with Gasteiger partial charge in [0.05, 0.1) is 17.4 Å². The van der Waals surface area contributed by atoms with Crippen LogP contribution in [0.5, 0.6) is 0 Å². The second-order valence-corrected chi connectivity index (χ2v) is 3.91. The van der Waals surface area contributed by atoms with E-state index >= 15 is 0 Å². The molecule has 1 amide bonds. The monoisotopic (exact) mass is 282 g/mol. The Morgan fingerprint density at radius 2 is 1.75 bits per heavy atom. The molecule has 0 fully saturated rings. The van der Waals surface area contributed by atoms with Crippen molar-refractivity contribution in [3.8, 4) is 0 Å². The van der Waals surface area contributed by atoms with Crippen molar-refractivity contribution in [2.24, 2.45) is 5.73 Å². The molecule has 0 aliphatic heterocycles. The molecule has 0 unspecified atom stereocenters. The first-order valence-corrected chi connectivity index (χ1v) is 5.35. The van der Waals surface area contributed by atoms with Gasteiger partial charge in [-0.3, -0.25) is 4.79 Å². The van der Waals surface area contributed by atoms with E-state index in [0.29, 0.717) is 0 Å². The van der Waals surface area contributed by atoms with Gasteiger partial charge in [0.15, 0.2) is 17.5 Å². The lowest BCUT2D eigenvalue weighted by Crippen LogP contribution is -2.15. The summed E-state index contributed by atoms with van der Waals surface area (Å²) in [5.74, 6) is -5.20. The van der Waals surface area contributed by atoms with Crippen molar-refractivity contribution in [2.75, 3.05) is 11.1 Å². The molecule has 0 radical (unpaired) electrons. The summed E-state index contributed by atoms with van der Waals surface area (Å²) in [6, 6.07) is 2.70. The van der Waals surface area contributed by atoms with Gasteiger partial charge in [-0.1, -0.05) is 0 Å². The highest BCUT2D eigenvalue weighted by Crippen LogP contribution is 2.23. The number of anilines is 3. The number of carbonyl (C=O) groups is 1. The lowest BCUT2D eigenvalue weighted by Gasteiger charge is -2.10. The molecule has 20 heavy (non-hydrogen) atoms. The molecule has 0 aliphatic carbocycles. The smallest absolute Gasteiger partial charge is 0.252 e. The number of benzene rings is 1. The highest BCUT2D eigenvalue weighted by atomic mass is 19.2. The molecule has 2 rings (SSSR count). The molecular formula is C12H9F3N4O. The first-order valence-electron chi connectivity index (χ1n) is 5.35. The minimum Gasteiger partial charge on any atom is -0.397 e. The molecule has 5 nitrogen and oxygen atoms in total. The van der Waals surface area contributed by atoms with Gasteiger partial charge in [-0.2, -0.15) is 0 Å². The molecule has 5 N–H and O–H groups in total. The third-order valence-electron chi connectivity index (χ3n) is 2.42. The summed E-state index contributed by atoms with van der Waals surface area (Å²) >= 11 is 0. The highest BCUT2D eigenvalue weighted by Gasteiger charge is 2.14. The lowest BCUT2D eigenvalue weighted by molar-refractivity contribution is 0.100. The number of nitrogens with two attached hydrogens (primary N) is 2. The lowest BCUT2D eigenvalue weighted by atomic mass is 10.2. The summed E-state index contributed by atoms with van der Waals surface area (Å²) in [5.41, 5.74) is 10.6. The topological polar surface area (TPSA) is 94.0 Å². The van der Waals surface area contributed by atoms with Gasteiger partial charge in [0.2, 0.25) is 0 Å². The molecule has 0 spiro atoms. The SMILES string of the molecule is NC(=O)c1cc(N)cnc1Nc1cc(F)c(F)c(F)c1. The molecule has 0 aliphatic rings. The van der Waals surface area contributed by atoms with Crippen LogP contribution in [0.3, 0.4) is 0 Å². The Balaban J connectivity index is 2.42. The van der Waals surface area contributed by atoms with Crippen LogP contribution in [0.4, 0.5) is 30.4 Å². The van der Waals surface area contributed by atoms with Crippen LogP contribution in [-0.4, -0.2) is 10.9 Å². The zero-order valence-corrected chi connectivity index (χ0v) is 9.95. The number of aromatic nitrogens is 1. The van der Waals surface area contributed by atoms with E-state index in [1.54, 1.807) is 0 Å². The van der Waals surface area contributed by atoms with Crippen molar-refractivity contribution >= 4 is 23.1 Å². The highest BCUT2D eigenvalue weighted by molar-refractivity contribution is 5.99. The fourth-order valence-electron chi connectivity index (χ4n) is 1.53. The summed E-state index contributed by atoms with van der Waals surface area (Å²) in [6.07, 6.45) is 1.23. The molecular weight excluding hydrogens is 273 g/mol. The first-order chi connectivity index (χ1) is 9.38. The number of pyridine rings is 1. The van der Waals surface area contributed by atoms with Gasteiger partial charge >= 0.3 is 0 Å². The number of rotatable bonds is 3. The number of primary amides is 1. The predicted octanol–water partition coefficient (Wildman–Crippen LogP) is 1.92. The van der Waals surface area contributed by atoms with E-state index in [1.807, 2.05) is 0 Å². The molecule has 0 saturated heterocycles. The number of nitrogen functional groups attached to an aromatic ring is 1. The third-order valence-corrected chi connectivity index (χ3v) is 2.42. The summed E-state index contributed by atoms with van der Waals surface area (Å²) in [6.45, 7) is 0. The van der Waals surface area contributed by atoms with E-state index in [1.165, 1.54) is 12.3 Å². The molecule has 0 saturated carbocycles. The fraction of sp³-hybridized carbons (Fsp3) is 0. The van der Waals surface area contributed by atoms with Crippen LogP contribution in [0, 0.1) is 17.5 Å². The van der Waals surface area contributed by atoms with Crippen LogP contribution in [-0.2, 0) is 0 Å². The Labute approximate surface area is 111 Å². The van der Waals surface area contributed by atoms with Gasteiger partial charge in [0, 0.05) is 17.8 Å². The van der Waals surface area contributed by atoms with Crippen LogP contribution in [0.25, 0.3) is 0 Å². The average Bonchev–Trinajstić information content (AvgIpc) is 2.37. The Bertz CT molecular complexity index is 667. The summed E-state index contributed by atoms with van der Waals surface area (Å²) in [5, 5.41) is 2.48. The molecule has 104 valence electrons. The van der Waals surface area contributed by atoms with Crippen molar-refractivity contribution in [3.05, 3.63) is 47.4 Å². The minimum absolute atomic E-state index is 0.0443. The number of hydrogen-bond acceptors (Lipinski definition) is 4. The van der Waals surface area contributed by atoms with Crippen LogP contribution >= 0.6 is 0 Å². The molecule has 8 heteroatoms. The van der Waals surface area contributed by atoms with E-state index in [9.17, 15) is 18.0 Å². The Kier molecular flexibility index (Phi) is 3.47. The molecule has 1 heterocycles. The second kappa shape index (κ2) is 5.08. The maximum absolute atomic E-state index is 13.1. The van der Waals surface area contributed by atoms with Gasteiger partial charge in [0.1, 0.15) is 5.82 Å². The third kappa shape index (κ3) is 2.63. The standard InChI is InChI=1S/C12H9F3N4O/c13-8-2-6(3-9(14)10(8)15)19-12-7(11(17)20)1-5(16)4-18-12/h1-4H,16H2,(H2,17,20)(H,18,19). The zero-order chi connectivity index (χ0) is 14.9. The molecule has 1 aromatic carbocycles. The molecule has 0 atom stereocenters. The number of amides is 1. The van der Waals surface area contributed by atoms with E-state index in [0.717, 1.165) is 12.1 Å². The van der Waals surface area contributed by atoms with Gasteiger partial charge in [-0.25, -0.2) is 18.2 Å². The number of carbonyl (C=O) groups excluding carboxylic acids is 1. The van der Waals surface area contributed by atoms with Crippen molar-refractivity contribution in [3.63, 3.8) is 0 Å². The zero-order valence-electron chi connectivity index (χ0n) is 9.95. The number of nitrogens with zero attached hydrogens (tertiary/aromatic N) is 1. The van der Waals surface area contributed by atoms with Gasteiger partial charge < -0.3 is 16.8 Å². The van der Waals surface area contributed by atoms with E-state index in [-0.39, 0.29) is 22.8 Å². The second-order valence-electron chi connectivity index (χ2n) is 3.91. The maximum atomic E-state index is 13.1. The number of nitrogens with one attached hydrogen (secondary N) is 1. The normalized spacial score (nSPS) is 10.3. The van der Waals surface area contributed by atoms with Crippen LogP contribution in [0.15, 0.2) is 24.4 Å². The van der Waals surface area contributed by atoms with E-state index < -0.39 is 23.4 Å². The van der Waals surface area contributed by atoms with Gasteiger partial charge in [-0.15, -0.1) is 0 Å². The van der Waals surface area contributed by atoms with Gasteiger partial charge in [-0.05, 0) is 6.07 Å². The van der Waals surface area contributed by atoms with E-state index in [4.69, 9.17) is 11.5 Å². The van der Waals surface area contributed by atoms with Crippen LogP contribution in [0.2, 0.25) is 0 Å². The maximum Gasteiger partial charge on any atom is 0.252 e. The summed E-state index contributed by atoms with van der Waals surface area (Å²) in [7, 11) is 0. The van der Waals surface area contributed by atoms with Crippen molar-refractivity contribution < 1.29 is 18.0 Å². The van der Waals surface area contributed by atoms with Crippen LogP contribution < -0.4 is 16.8 Å². The quantitative estimate of drug-likeness (QED) is 0.750. The summed E-state index contributed by atoms with van der Waals surface area (Å²) in [4.78, 5) is 15.0. The molecule has 1 aromatic heterocycles. The Morgan fingerprint density at radius 1 is 1.15 bits per heavy atom. The van der Waals surface area contributed by atoms with Crippen molar-refractivity contribution in [1.29, 1.82) is 0 Å². The average molecular weight is 282 g/mol. The van der Waals surface area contributed by atoms with Crippen molar-refractivity contribution in [2.45, 2.75) is 0 Å². The summed E-state index contributed by atoms with van der Waals surface area (Å²) < 4.78 is 39.0. The minimum atomic E-state index is -1.59. The first kappa shape index (κ1) is 13.7. The predicted molar refractivity (Wildman–Crippen MR) is 66.8 cm³/mol. The van der Waals surface area contributed by atoms with Gasteiger partial charge in [0.25, 0.3) is 5.91 Å². The van der Waals surface area contributed by atoms with Crippen molar-refractivity contribution in [1.82, 2.24) is 4.98 Å². The molecule has 0 bridgehead atoms. The Morgan fingerprint density at radius 3 is 2.30 bits per heavy atom.